The molecule has 1 aromatic heterocycles. The number of hydrogen-bond donors (Lipinski definition) is 1. The van der Waals surface area contributed by atoms with Gasteiger partial charge in [0.05, 0.1) is 5.02 Å². The van der Waals surface area contributed by atoms with E-state index in [4.69, 9.17) is 11.6 Å². The van der Waals surface area contributed by atoms with Gasteiger partial charge in [0.1, 0.15) is 10.6 Å². The van der Waals surface area contributed by atoms with Crippen LogP contribution in [0, 0.1) is 0 Å². The first-order chi connectivity index (χ1) is 11.5. The fourth-order valence-corrected chi connectivity index (χ4v) is 3.69. The fraction of sp³-hybridized carbons (Fsp3) is 0.118. The van der Waals surface area contributed by atoms with Gasteiger partial charge < -0.3 is 10.1 Å². The lowest BCUT2D eigenvalue weighted by Crippen LogP contribution is -2.22. The summed E-state index contributed by atoms with van der Waals surface area (Å²) in [7, 11) is 0. The summed E-state index contributed by atoms with van der Waals surface area (Å²) in [6.45, 7) is -2.70. The Kier molecular flexibility index (Phi) is 4.97. The number of rotatable bonds is 5. The second-order valence-electron chi connectivity index (χ2n) is 4.95. The molecule has 0 aliphatic heterocycles. The molecule has 7 heteroatoms. The minimum atomic E-state index is -2.88. The minimum absolute atomic E-state index is 0.0524. The molecular formula is C17H12ClF2NO2S. The zero-order valence-electron chi connectivity index (χ0n) is 12.3. The number of carbonyl (C=O) groups excluding carboxylic acids is 1. The van der Waals surface area contributed by atoms with Crippen molar-refractivity contribution in [2.24, 2.45) is 0 Å². The molecule has 3 nitrogen and oxygen atoms in total. The number of hydrogen-bond acceptors (Lipinski definition) is 3. The van der Waals surface area contributed by atoms with Crippen LogP contribution in [0.2, 0.25) is 5.02 Å². The van der Waals surface area contributed by atoms with Crippen molar-refractivity contribution < 1.29 is 18.3 Å². The van der Waals surface area contributed by atoms with Crippen LogP contribution in [0.1, 0.15) is 15.2 Å². The van der Waals surface area contributed by atoms with Crippen LogP contribution < -0.4 is 10.1 Å². The van der Waals surface area contributed by atoms with Gasteiger partial charge in [-0.2, -0.15) is 8.78 Å². The van der Waals surface area contributed by atoms with Crippen LogP contribution in [-0.2, 0) is 6.54 Å². The molecule has 1 N–H and O–H groups in total. The Morgan fingerprint density at radius 2 is 2.00 bits per heavy atom. The molecule has 3 aromatic rings. The standard InChI is InChI=1S/C17H12ClF2NO2S/c18-14-12-6-1-2-7-13(12)24-15(14)16(22)21-9-10-4-3-5-11(8-10)23-17(19)20/h1-8,17H,9H2,(H,21,22). The molecule has 0 aliphatic rings. The maximum absolute atomic E-state index is 12.3. The molecule has 124 valence electrons. The maximum atomic E-state index is 12.3. The second kappa shape index (κ2) is 7.15. The minimum Gasteiger partial charge on any atom is -0.435 e. The first kappa shape index (κ1) is 16.7. The van der Waals surface area contributed by atoms with Crippen LogP contribution in [0.5, 0.6) is 5.75 Å². The Morgan fingerprint density at radius 1 is 1.21 bits per heavy atom. The van der Waals surface area contributed by atoms with E-state index in [2.05, 4.69) is 10.1 Å². The predicted octanol–water partition coefficient (Wildman–Crippen LogP) is 5.09. The molecule has 1 heterocycles. The predicted molar refractivity (Wildman–Crippen MR) is 91.1 cm³/mol. The largest absolute Gasteiger partial charge is 0.435 e. The quantitative estimate of drug-likeness (QED) is 0.682. The number of benzene rings is 2. The summed E-state index contributed by atoms with van der Waals surface area (Å²) in [6, 6.07) is 13.7. The van der Waals surface area contributed by atoms with E-state index in [-0.39, 0.29) is 18.2 Å². The third-order valence-electron chi connectivity index (χ3n) is 3.32. The molecule has 0 aliphatic carbocycles. The van der Waals surface area contributed by atoms with E-state index >= 15 is 0 Å². The van der Waals surface area contributed by atoms with Crippen molar-refractivity contribution in [1.29, 1.82) is 0 Å². The zero-order valence-corrected chi connectivity index (χ0v) is 13.8. The molecular weight excluding hydrogens is 356 g/mol. The molecule has 3 rings (SSSR count). The van der Waals surface area contributed by atoms with Gasteiger partial charge in [0, 0.05) is 16.6 Å². The van der Waals surface area contributed by atoms with Crippen molar-refractivity contribution in [2.75, 3.05) is 0 Å². The number of thiophene rings is 1. The Hall–Kier alpha value is -2.18. The summed E-state index contributed by atoms with van der Waals surface area (Å²) >= 11 is 7.57. The van der Waals surface area contributed by atoms with E-state index in [0.717, 1.165) is 10.1 Å². The molecule has 0 saturated heterocycles. The highest BCUT2D eigenvalue weighted by Crippen LogP contribution is 2.35. The first-order valence-electron chi connectivity index (χ1n) is 7.03. The second-order valence-corrected chi connectivity index (χ2v) is 6.38. The van der Waals surface area contributed by atoms with Gasteiger partial charge in [-0.25, -0.2) is 0 Å². The lowest BCUT2D eigenvalue weighted by Gasteiger charge is -2.08. The number of amides is 1. The summed E-state index contributed by atoms with van der Waals surface area (Å²) in [5, 5.41) is 4.00. The SMILES string of the molecule is O=C(NCc1cccc(OC(F)F)c1)c1sc2ccccc2c1Cl. The maximum Gasteiger partial charge on any atom is 0.387 e. The number of nitrogens with one attached hydrogen (secondary N) is 1. The van der Waals surface area contributed by atoms with Crippen LogP contribution in [0.15, 0.2) is 48.5 Å². The normalized spacial score (nSPS) is 11.0. The number of alkyl halides is 2. The topological polar surface area (TPSA) is 38.3 Å². The van der Waals surface area contributed by atoms with E-state index in [1.54, 1.807) is 12.1 Å². The molecule has 0 unspecified atom stereocenters. The zero-order chi connectivity index (χ0) is 17.1. The number of ether oxygens (including phenoxy) is 1. The van der Waals surface area contributed by atoms with Crippen molar-refractivity contribution in [2.45, 2.75) is 13.2 Å². The third-order valence-corrected chi connectivity index (χ3v) is 4.99. The molecule has 1 amide bonds. The molecule has 0 fully saturated rings. The molecule has 0 atom stereocenters. The Labute approximate surface area is 145 Å². The molecule has 0 bridgehead atoms. The average Bonchev–Trinajstić information content (AvgIpc) is 2.90. The van der Waals surface area contributed by atoms with Crippen molar-refractivity contribution in [1.82, 2.24) is 5.32 Å². The van der Waals surface area contributed by atoms with Crippen LogP contribution in [-0.4, -0.2) is 12.5 Å². The summed E-state index contributed by atoms with van der Waals surface area (Å²) in [6.07, 6.45) is 0. The fourth-order valence-electron chi connectivity index (χ4n) is 2.25. The molecule has 24 heavy (non-hydrogen) atoms. The monoisotopic (exact) mass is 367 g/mol. The van der Waals surface area contributed by atoms with Crippen molar-refractivity contribution in [3.63, 3.8) is 0 Å². The summed E-state index contributed by atoms with van der Waals surface area (Å²) in [5.74, 6) is -0.252. The van der Waals surface area contributed by atoms with Gasteiger partial charge in [0.25, 0.3) is 5.91 Å². The highest BCUT2D eigenvalue weighted by atomic mass is 35.5. The lowest BCUT2D eigenvalue weighted by atomic mass is 10.2. The molecule has 0 radical (unpaired) electrons. The molecule has 0 spiro atoms. The van der Waals surface area contributed by atoms with Gasteiger partial charge in [-0.3, -0.25) is 4.79 Å². The molecule has 0 saturated carbocycles. The van der Waals surface area contributed by atoms with Crippen molar-refractivity contribution >= 4 is 38.9 Å². The van der Waals surface area contributed by atoms with E-state index in [1.807, 2.05) is 24.3 Å². The van der Waals surface area contributed by atoms with Gasteiger partial charge in [0.15, 0.2) is 0 Å². The van der Waals surface area contributed by atoms with E-state index in [1.165, 1.54) is 23.5 Å². The van der Waals surface area contributed by atoms with Crippen LogP contribution >= 0.6 is 22.9 Å². The van der Waals surface area contributed by atoms with Crippen LogP contribution in [0.3, 0.4) is 0 Å². The van der Waals surface area contributed by atoms with E-state index in [0.29, 0.717) is 15.5 Å². The number of halogens is 3. The summed E-state index contributed by atoms with van der Waals surface area (Å²) in [4.78, 5) is 12.8. The average molecular weight is 368 g/mol. The van der Waals surface area contributed by atoms with Gasteiger partial charge >= 0.3 is 6.61 Å². The third kappa shape index (κ3) is 3.66. The number of fused-ring (bicyclic) bond motifs is 1. The van der Waals surface area contributed by atoms with Crippen LogP contribution in [0.25, 0.3) is 10.1 Å². The molecule has 2 aromatic carbocycles. The Balaban J connectivity index is 1.72. The van der Waals surface area contributed by atoms with Crippen molar-refractivity contribution in [3.8, 4) is 5.75 Å². The summed E-state index contributed by atoms with van der Waals surface area (Å²) < 4.78 is 29.7. The van der Waals surface area contributed by atoms with Crippen molar-refractivity contribution in [3.05, 3.63) is 64.0 Å². The van der Waals surface area contributed by atoms with E-state index < -0.39 is 6.61 Å². The van der Waals surface area contributed by atoms with Gasteiger partial charge in [0.2, 0.25) is 0 Å². The highest BCUT2D eigenvalue weighted by Gasteiger charge is 2.16. The van der Waals surface area contributed by atoms with E-state index in [9.17, 15) is 13.6 Å². The lowest BCUT2D eigenvalue weighted by molar-refractivity contribution is -0.0498. The van der Waals surface area contributed by atoms with Gasteiger partial charge in [-0.15, -0.1) is 11.3 Å². The van der Waals surface area contributed by atoms with Gasteiger partial charge in [-0.1, -0.05) is 41.9 Å². The Bertz CT molecular complexity index is 882. The number of carbonyl (C=O) groups is 1. The van der Waals surface area contributed by atoms with Gasteiger partial charge in [-0.05, 0) is 23.8 Å². The highest BCUT2D eigenvalue weighted by molar-refractivity contribution is 7.21. The summed E-state index contributed by atoms with van der Waals surface area (Å²) in [5.41, 5.74) is 0.652. The van der Waals surface area contributed by atoms with Crippen LogP contribution in [0.4, 0.5) is 8.78 Å². The first-order valence-corrected chi connectivity index (χ1v) is 8.23. The Morgan fingerprint density at radius 3 is 2.75 bits per heavy atom. The smallest absolute Gasteiger partial charge is 0.387 e.